The molecule has 0 fully saturated rings. The first-order chi connectivity index (χ1) is 6.39. The molecule has 0 saturated carbocycles. The van der Waals surface area contributed by atoms with Gasteiger partial charge in [0.2, 0.25) is 0 Å². The lowest BCUT2D eigenvalue weighted by Gasteiger charge is -1.69. The minimum absolute atomic E-state index is 0.572. The molecule has 0 heteroatoms. The van der Waals surface area contributed by atoms with Crippen LogP contribution in [-0.4, -0.2) is 0 Å². The SMILES string of the molecule is CC.CC.CC.[2H]c1ccccc1. The summed E-state index contributed by atoms with van der Waals surface area (Å²) in [4.78, 5) is 0. The van der Waals surface area contributed by atoms with E-state index in [4.69, 9.17) is 1.37 Å². The lowest BCUT2D eigenvalue weighted by Crippen LogP contribution is -1.47. The number of rotatable bonds is 0. The highest BCUT2D eigenvalue weighted by atomic mass is 13.6. The van der Waals surface area contributed by atoms with Crippen LogP contribution in [0.25, 0.3) is 0 Å². The maximum Gasteiger partial charge on any atom is 0.0623 e. The second-order valence-electron chi connectivity index (χ2n) is 1.08. The van der Waals surface area contributed by atoms with Gasteiger partial charge in [0, 0.05) is 0 Å². The van der Waals surface area contributed by atoms with Crippen LogP contribution in [0.2, 0.25) is 0 Å². The van der Waals surface area contributed by atoms with E-state index >= 15 is 0 Å². The topological polar surface area (TPSA) is 0 Å². The quantitative estimate of drug-likeness (QED) is 0.525. The van der Waals surface area contributed by atoms with Crippen molar-refractivity contribution in [3.8, 4) is 0 Å². The van der Waals surface area contributed by atoms with Gasteiger partial charge in [-0.1, -0.05) is 77.9 Å². The molecule has 0 aliphatic carbocycles. The molecule has 0 amide bonds. The molecule has 0 saturated heterocycles. The highest BCUT2D eigenvalue weighted by Gasteiger charge is 1.57. The number of hydrogen-bond acceptors (Lipinski definition) is 0. The van der Waals surface area contributed by atoms with E-state index in [0.29, 0.717) is 6.04 Å². The summed E-state index contributed by atoms with van der Waals surface area (Å²) in [6.45, 7) is 12.0. The molecule has 72 valence electrons. The summed E-state index contributed by atoms with van der Waals surface area (Å²) in [6.07, 6.45) is 0. The molecule has 0 bridgehead atoms. The van der Waals surface area contributed by atoms with E-state index < -0.39 is 0 Å². The Hall–Kier alpha value is -0.780. The Labute approximate surface area is 80.0 Å². The third-order valence-electron chi connectivity index (χ3n) is 0.607. The van der Waals surface area contributed by atoms with Crippen molar-refractivity contribution in [2.24, 2.45) is 0 Å². The second kappa shape index (κ2) is 31.9. The number of hydrogen-bond donors (Lipinski definition) is 0. The van der Waals surface area contributed by atoms with Crippen LogP contribution in [-0.2, 0) is 0 Å². The molecule has 0 unspecified atom stereocenters. The normalized spacial score (nSPS) is 6.67. The molecule has 0 nitrogen and oxygen atoms in total. The Morgan fingerprint density at radius 2 is 0.833 bits per heavy atom. The molecule has 0 radical (unpaired) electrons. The molecule has 0 aromatic heterocycles. The van der Waals surface area contributed by atoms with Crippen LogP contribution in [0, 0.1) is 0 Å². The van der Waals surface area contributed by atoms with Crippen LogP contribution in [0.15, 0.2) is 36.4 Å². The zero-order valence-electron chi connectivity index (χ0n) is 10.4. The molecule has 0 N–H and O–H groups in total. The summed E-state index contributed by atoms with van der Waals surface area (Å²) < 4.78 is 7.00. The van der Waals surface area contributed by atoms with Gasteiger partial charge < -0.3 is 0 Å². The molecule has 1 rings (SSSR count). The first-order valence-corrected chi connectivity index (χ1v) is 4.91. The van der Waals surface area contributed by atoms with Crippen LogP contribution in [0.4, 0.5) is 0 Å². The Morgan fingerprint density at radius 3 is 1.00 bits per heavy atom. The van der Waals surface area contributed by atoms with Crippen molar-refractivity contribution in [1.82, 2.24) is 0 Å². The molecule has 0 aliphatic rings. The fourth-order valence-electron chi connectivity index (χ4n) is 0.342. The lowest BCUT2D eigenvalue weighted by atomic mass is 10.4. The maximum atomic E-state index is 7.00. The van der Waals surface area contributed by atoms with Crippen molar-refractivity contribution in [2.75, 3.05) is 0 Å². The average Bonchev–Trinajstić information content (AvgIpc) is 2.28. The predicted octanol–water partition coefficient (Wildman–Crippen LogP) is 4.77. The van der Waals surface area contributed by atoms with E-state index in [-0.39, 0.29) is 0 Å². The molecule has 1 aromatic carbocycles. The summed E-state index contributed by atoms with van der Waals surface area (Å²) in [5, 5.41) is 0. The van der Waals surface area contributed by atoms with Crippen molar-refractivity contribution >= 4 is 0 Å². The van der Waals surface area contributed by atoms with E-state index in [1.807, 2.05) is 59.7 Å². The van der Waals surface area contributed by atoms with Gasteiger partial charge >= 0.3 is 0 Å². The zero-order chi connectivity index (χ0) is 11.1. The molecular weight excluding hydrogens is 144 g/mol. The Morgan fingerprint density at radius 1 is 0.583 bits per heavy atom. The fraction of sp³-hybridized carbons (Fsp3) is 0.500. The fourth-order valence-corrected chi connectivity index (χ4v) is 0.342. The Bertz CT molecular complexity index is 135. The highest BCUT2D eigenvalue weighted by Crippen LogP contribution is 1.79. The van der Waals surface area contributed by atoms with Gasteiger partial charge in [0.1, 0.15) is 0 Å². The van der Waals surface area contributed by atoms with Gasteiger partial charge in [-0.2, -0.15) is 0 Å². The Kier molecular flexibility index (Phi) is 36.6. The monoisotopic (exact) mass is 169 g/mol. The third-order valence-corrected chi connectivity index (χ3v) is 0.607. The zero-order valence-corrected chi connectivity index (χ0v) is 9.39. The largest absolute Gasteiger partial charge is 0.0683 e. The van der Waals surface area contributed by atoms with E-state index in [1.54, 1.807) is 12.1 Å². The van der Waals surface area contributed by atoms with E-state index in [0.717, 1.165) is 0 Å². The summed E-state index contributed by atoms with van der Waals surface area (Å²) in [5.41, 5.74) is 0. The van der Waals surface area contributed by atoms with Crippen molar-refractivity contribution in [3.05, 3.63) is 36.4 Å². The van der Waals surface area contributed by atoms with Gasteiger partial charge in [0.15, 0.2) is 0 Å². The smallest absolute Gasteiger partial charge is 0.0623 e. The van der Waals surface area contributed by atoms with Crippen LogP contribution < -0.4 is 0 Å². The van der Waals surface area contributed by atoms with Crippen LogP contribution in [0.3, 0.4) is 0 Å². The number of benzene rings is 1. The predicted molar refractivity (Wildman–Crippen MR) is 60.5 cm³/mol. The first kappa shape index (κ1) is 13.8. The standard InChI is InChI=1S/C6H6.3C2H6/c1-2-4-6-5-3-1;3*1-2/h1-6H;3*1-2H3/i1D;;;. The molecule has 1 aromatic rings. The highest BCUT2D eigenvalue weighted by molar-refractivity contribution is 4.99. The molecular formula is C12H24. The van der Waals surface area contributed by atoms with Crippen molar-refractivity contribution in [1.29, 1.82) is 0 Å². The summed E-state index contributed by atoms with van der Waals surface area (Å²) in [5.74, 6) is 0. The van der Waals surface area contributed by atoms with Gasteiger partial charge in [-0.3, -0.25) is 0 Å². The van der Waals surface area contributed by atoms with Crippen LogP contribution in [0.1, 0.15) is 42.9 Å². The summed E-state index contributed by atoms with van der Waals surface area (Å²) in [7, 11) is 0. The first-order valence-electron chi connectivity index (χ1n) is 5.41. The van der Waals surface area contributed by atoms with Crippen molar-refractivity contribution < 1.29 is 1.37 Å². The average molecular weight is 169 g/mol. The minimum atomic E-state index is 0.572. The van der Waals surface area contributed by atoms with Crippen molar-refractivity contribution in [2.45, 2.75) is 41.5 Å². The molecule has 12 heavy (non-hydrogen) atoms. The van der Waals surface area contributed by atoms with E-state index in [9.17, 15) is 0 Å². The molecule has 0 spiro atoms. The van der Waals surface area contributed by atoms with Crippen molar-refractivity contribution in [3.63, 3.8) is 0 Å². The van der Waals surface area contributed by atoms with E-state index in [2.05, 4.69) is 0 Å². The molecule has 0 aliphatic heterocycles. The molecule has 0 atom stereocenters. The summed E-state index contributed by atoms with van der Waals surface area (Å²) >= 11 is 0. The van der Waals surface area contributed by atoms with Gasteiger partial charge in [-0.15, -0.1) is 0 Å². The third kappa shape index (κ3) is 22.9. The summed E-state index contributed by atoms with van der Waals surface area (Å²) in [6, 6.07) is 9.67. The van der Waals surface area contributed by atoms with Gasteiger partial charge in [-0.05, 0) is 0 Å². The Balaban J connectivity index is -0.000000144. The second-order valence-corrected chi connectivity index (χ2v) is 1.08. The van der Waals surface area contributed by atoms with Gasteiger partial charge in [0.25, 0.3) is 0 Å². The van der Waals surface area contributed by atoms with Gasteiger partial charge in [-0.25, -0.2) is 0 Å². The lowest BCUT2D eigenvalue weighted by molar-refractivity contribution is 1.50. The van der Waals surface area contributed by atoms with Crippen LogP contribution in [0.5, 0.6) is 0 Å². The van der Waals surface area contributed by atoms with E-state index in [1.165, 1.54) is 0 Å². The minimum Gasteiger partial charge on any atom is -0.0683 e. The maximum absolute atomic E-state index is 7.00. The van der Waals surface area contributed by atoms with Gasteiger partial charge in [0.05, 0.1) is 1.37 Å². The molecule has 0 heterocycles. The van der Waals surface area contributed by atoms with Crippen LogP contribution >= 0.6 is 0 Å².